The molecule has 0 N–H and O–H groups in total. The Morgan fingerprint density at radius 1 is 1.17 bits per heavy atom. The zero-order valence-corrected chi connectivity index (χ0v) is 9.10. The molecule has 0 spiro atoms. The molecule has 0 saturated heterocycles. The number of nitrogens with zero attached hydrogens (tertiary/aromatic N) is 3. The molecule has 4 nitrogen and oxygen atoms in total. The van der Waals surface area contributed by atoms with E-state index in [0.29, 0.717) is 5.75 Å². The van der Waals surface area contributed by atoms with Gasteiger partial charge in [-0.05, 0) is 24.3 Å². The zero-order chi connectivity index (χ0) is 13.0. The summed E-state index contributed by atoms with van der Waals surface area (Å²) in [5.74, 6) is -0.808. The van der Waals surface area contributed by atoms with Crippen LogP contribution in [0.4, 0.5) is 8.78 Å². The van der Waals surface area contributed by atoms with Crippen molar-refractivity contribution in [2.75, 3.05) is 0 Å². The Kier molecular flexibility index (Phi) is 3.44. The molecule has 0 unspecified atom stereocenters. The number of hydrogen-bond donors (Lipinski definition) is 0. The summed E-state index contributed by atoms with van der Waals surface area (Å²) in [6.07, 6.45) is 1.09. The Bertz CT molecular complexity index is 593. The van der Waals surface area contributed by atoms with Gasteiger partial charge in [0.15, 0.2) is 11.5 Å². The zero-order valence-electron chi connectivity index (χ0n) is 9.10. The third kappa shape index (κ3) is 2.58. The topological polar surface area (TPSA) is 58.8 Å². The van der Waals surface area contributed by atoms with Crippen molar-refractivity contribution in [3.63, 3.8) is 0 Å². The lowest BCUT2D eigenvalue weighted by Crippen LogP contribution is -2.05. The number of ether oxygens (including phenoxy) is 1. The van der Waals surface area contributed by atoms with E-state index in [1.807, 2.05) is 0 Å². The highest BCUT2D eigenvalue weighted by Gasteiger charge is 2.11. The average Bonchev–Trinajstić information content (AvgIpc) is 2.39. The summed E-state index contributed by atoms with van der Waals surface area (Å²) in [4.78, 5) is 7.15. The molecule has 18 heavy (non-hydrogen) atoms. The number of hydrogen-bond acceptors (Lipinski definition) is 4. The molecule has 0 atom stereocenters. The maximum Gasteiger partial charge on any atom is 0.184 e. The second-order valence-corrected chi connectivity index (χ2v) is 3.34. The molecular formula is C12H7F2N3O. The fourth-order valence-corrected chi connectivity index (χ4v) is 1.27. The van der Waals surface area contributed by atoms with Gasteiger partial charge in [-0.2, -0.15) is 5.26 Å². The van der Waals surface area contributed by atoms with E-state index in [9.17, 15) is 8.78 Å². The largest absolute Gasteiger partial charge is 0.487 e. The van der Waals surface area contributed by atoms with Gasteiger partial charge < -0.3 is 4.74 Å². The van der Waals surface area contributed by atoms with Crippen LogP contribution in [-0.4, -0.2) is 9.97 Å². The normalized spacial score (nSPS) is 9.83. The van der Waals surface area contributed by atoms with Crippen LogP contribution in [0.2, 0.25) is 0 Å². The standard InChI is InChI=1S/C12H7F2N3O/c13-8-1-3-9(4-2-8)18-6-11-12(14)10(5-15)16-7-17-11/h1-4,7H,6H2. The lowest BCUT2D eigenvalue weighted by molar-refractivity contribution is 0.293. The number of benzene rings is 1. The van der Waals surface area contributed by atoms with Gasteiger partial charge in [-0.15, -0.1) is 0 Å². The predicted molar refractivity (Wildman–Crippen MR) is 57.4 cm³/mol. The minimum Gasteiger partial charge on any atom is -0.487 e. The first-order valence-electron chi connectivity index (χ1n) is 4.98. The van der Waals surface area contributed by atoms with Crippen molar-refractivity contribution in [2.45, 2.75) is 6.61 Å². The molecule has 1 heterocycles. The van der Waals surface area contributed by atoms with E-state index in [-0.39, 0.29) is 23.8 Å². The van der Waals surface area contributed by atoms with Gasteiger partial charge in [-0.3, -0.25) is 0 Å². The molecule has 0 bridgehead atoms. The molecule has 1 aromatic heterocycles. The number of rotatable bonds is 3. The summed E-state index contributed by atoms with van der Waals surface area (Å²) in [5.41, 5.74) is -0.353. The summed E-state index contributed by atoms with van der Waals surface area (Å²) in [6.45, 7) is -0.158. The Labute approximate surface area is 101 Å². The third-order valence-corrected chi connectivity index (χ3v) is 2.16. The fourth-order valence-electron chi connectivity index (χ4n) is 1.27. The molecule has 1 aromatic carbocycles. The van der Waals surface area contributed by atoms with Crippen LogP contribution >= 0.6 is 0 Å². The van der Waals surface area contributed by atoms with E-state index in [2.05, 4.69) is 9.97 Å². The summed E-state index contributed by atoms with van der Waals surface area (Å²) in [7, 11) is 0. The van der Waals surface area contributed by atoms with Crippen LogP contribution in [0.3, 0.4) is 0 Å². The molecule has 90 valence electrons. The van der Waals surface area contributed by atoms with Crippen molar-refractivity contribution in [3.8, 4) is 11.8 Å². The molecular weight excluding hydrogens is 240 g/mol. The molecule has 0 aliphatic carbocycles. The lowest BCUT2D eigenvalue weighted by Gasteiger charge is -2.06. The second kappa shape index (κ2) is 5.19. The van der Waals surface area contributed by atoms with E-state index in [0.717, 1.165) is 6.33 Å². The molecule has 6 heteroatoms. The van der Waals surface area contributed by atoms with E-state index < -0.39 is 5.82 Å². The van der Waals surface area contributed by atoms with Crippen molar-refractivity contribution >= 4 is 0 Å². The van der Waals surface area contributed by atoms with Crippen molar-refractivity contribution in [1.29, 1.82) is 5.26 Å². The van der Waals surface area contributed by atoms with Gasteiger partial charge in [0.1, 0.15) is 36.3 Å². The van der Waals surface area contributed by atoms with Crippen LogP contribution in [0.5, 0.6) is 5.75 Å². The molecule has 0 aliphatic rings. The van der Waals surface area contributed by atoms with Crippen LogP contribution in [0.15, 0.2) is 30.6 Å². The molecule has 0 aliphatic heterocycles. The van der Waals surface area contributed by atoms with Crippen LogP contribution in [0, 0.1) is 23.0 Å². The first-order chi connectivity index (χ1) is 8.70. The minimum atomic E-state index is -0.804. The van der Waals surface area contributed by atoms with Gasteiger partial charge in [-0.25, -0.2) is 18.7 Å². The van der Waals surface area contributed by atoms with E-state index in [1.54, 1.807) is 6.07 Å². The highest BCUT2D eigenvalue weighted by atomic mass is 19.1. The van der Waals surface area contributed by atoms with Gasteiger partial charge >= 0.3 is 0 Å². The van der Waals surface area contributed by atoms with Gasteiger partial charge in [0, 0.05) is 0 Å². The monoisotopic (exact) mass is 247 g/mol. The highest BCUT2D eigenvalue weighted by molar-refractivity contribution is 5.25. The number of aromatic nitrogens is 2. The minimum absolute atomic E-state index is 0.0223. The van der Waals surface area contributed by atoms with Gasteiger partial charge in [0.25, 0.3) is 0 Å². The van der Waals surface area contributed by atoms with Gasteiger partial charge in [0.05, 0.1) is 0 Å². The smallest absolute Gasteiger partial charge is 0.184 e. The Hall–Kier alpha value is -2.55. The molecule has 0 fully saturated rings. The van der Waals surface area contributed by atoms with Crippen LogP contribution in [0.1, 0.15) is 11.4 Å². The molecule has 0 amide bonds. The summed E-state index contributed by atoms with van der Waals surface area (Å²) < 4.78 is 31.4. The third-order valence-electron chi connectivity index (χ3n) is 2.16. The molecule has 0 radical (unpaired) electrons. The van der Waals surface area contributed by atoms with E-state index in [1.165, 1.54) is 24.3 Å². The quantitative estimate of drug-likeness (QED) is 0.834. The average molecular weight is 247 g/mol. The summed E-state index contributed by atoms with van der Waals surface area (Å²) in [6, 6.07) is 6.90. The number of nitriles is 1. The Morgan fingerprint density at radius 2 is 1.89 bits per heavy atom. The number of halogens is 2. The SMILES string of the molecule is N#Cc1ncnc(COc2ccc(F)cc2)c1F. The maximum absolute atomic E-state index is 13.6. The summed E-state index contributed by atoms with van der Waals surface area (Å²) in [5, 5.41) is 8.60. The van der Waals surface area contributed by atoms with E-state index >= 15 is 0 Å². The van der Waals surface area contributed by atoms with Crippen LogP contribution in [-0.2, 0) is 6.61 Å². The predicted octanol–water partition coefficient (Wildman–Crippen LogP) is 2.21. The Morgan fingerprint density at radius 3 is 2.56 bits per heavy atom. The Balaban J connectivity index is 2.11. The van der Waals surface area contributed by atoms with Crippen molar-refractivity contribution in [3.05, 3.63) is 53.6 Å². The van der Waals surface area contributed by atoms with Crippen LogP contribution in [0.25, 0.3) is 0 Å². The van der Waals surface area contributed by atoms with Crippen molar-refractivity contribution in [2.24, 2.45) is 0 Å². The van der Waals surface area contributed by atoms with Crippen LogP contribution < -0.4 is 4.74 Å². The van der Waals surface area contributed by atoms with Crippen molar-refractivity contribution in [1.82, 2.24) is 9.97 Å². The van der Waals surface area contributed by atoms with Gasteiger partial charge in [0.2, 0.25) is 0 Å². The first kappa shape index (κ1) is 11.9. The molecule has 2 aromatic rings. The molecule has 0 saturated carbocycles. The molecule has 2 rings (SSSR count). The van der Waals surface area contributed by atoms with Crippen molar-refractivity contribution < 1.29 is 13.5 Å². The van der Waals surface area contributed by atoms with E-state index in [4.69, 9.17) is 10.00 Å². The summed E-state index contributed by atoms with van der Waals surface area (Å²) >= 11 is 0. The second-order valence-electron chi connectivity index (χ2n) is 3.34. The highest BCUT2D eigenvalue weighted by Crippen LogP contribution is 2.14. The first-order valence-corrected chi connectivity index (χ1v) is 4.98. The lowest BCUT2D eigenvalue weighted by atomic mass is 10.3. The maximum atomic E-state index is 13.6. The fraction of sp³-hybridized carbons (Fsp3) is 0.0833. The van der Waals surface area contributed by atoms with Gasteiger partial charge in [-0.1, -0.05) is 0 Å².